The molecule has 24 heavy (non-hydrogen) atoms. The second-order valence-corrected chi connectivity index (χ2v) is 5.46. The summed E-state index contributed by atoms with van der Waals surface area (Å²) in [5, 5.41) is 4.78. The van der Waals surface area contributed by atoms with Crippen molar-refractivity contribution in [3.8, 4) is 5.75 Å². The standard InChI is InChI=1S/C20H18FNO2/c21-18-10-4-2-7-16(18)12-13-22-20(23)14-24-19-11-5-8-15-6-1-3-9-17(15)19/h1-11H,12-14H2,(H,22,23). The highest BCUT2D eigenvalue weighted by atomic mass is 19.1. The van der Waals surface area contributed by atoms with E-state index in [-0.39, 0.29) is 18.3 Å². The highest BCUT2D eigenvalue weighted by Gasteiger charge is 2.06. The van der Waals surface area contributed by atoms with Crippen LogP contribution in [0, 0.1) is 5.82 Å². The molecule has 0 aliphatic carbocycles. The van der Waals surface area contributed by atoms with E-state index in [2.05, 4.69) is 5.32 Å². The average Bonchev–Trinajstić information content (AvgIpc) is 2.61. The molecule has 0 aromatic heterocycles. The highest BCUT2D eigenvalue weighted by Crippen LogP contribution is 2.24. The second kappa shape index (κ2) is 7.59. The maximum absolute atomic E-state index is 13.5. The minimum Gasteiger partial charge on any atom is -0.483 e. The summed E-state index contributed by atoms with van der Waals surface area (Å²) in [6, 6.07) is 20.1. The van der Waals surface area contributed by atoms with Gasteiger partial charge < -0.3 is 10.1 Å². The van der Waals surface area contributed by atoms with Gasteiger partial charge in [0.05, 0.1) is 0 Å². The molecule has 1 amide bonds. The summed E-state index contributed by atoms with van der Waals surface area (Å²) in [4.78, 5) is 11.9. The molecule has 1 N–H and O–H groups in total. The molecule has 122 valence electrons. The fourth-order valence-electron chi connectivity index (χ4n) is 2.55. The molecule has 0 radical (unpaired) electrons. The van der Waals surface area contributed by atoms with Crippen molar-refractivity contribution in [3.05, 3.63) is 78.1 Å². The Bertz CT molecular complexity index is 842. The van der Waals surface area contributed by atoms with Gasteiger partial charge in [-0.2, -0.15) is 0 Å². The van der Waals surface area contributed by atoms with E-state index in [1.54, 1.807) is 18.2 Å². The number of carbonyl (C=O) groups excluding carboxylic acids is 1. The van der Waals surface area contributed by atoms with Crippen LogP contribution in [-0.2, 0) is 11.2 Å². The van der Waals surface area contributed by atoms with Gasteiger partial charge >= 0.3 is 0 Å². The first-order valence-corrected chi connectivity index (χ1v) is 7.85. The number of halogens is 1. The number of amides is 1. The van der Waals surface area contributed by atoms with Gasteiger partial charge in [-0.05, 0) is 29.5 Å². The summed E-state index contributed by atoms with van der Waals surface area (Å²) in [7, 11) is 0. The number of ether oxygens (including phenoxy) is 1. The van der Waals surface area contributed by atoms with Gasteiger partial charge in [-0.1, -0.05) is 54.6 Å². The van der Waals surface area contributed by atoms with Gasteiger partial charge in [-0.15, -0.1) is 0 Å². The van der Waals surface area contributed by atoms with Crippen LogP contribution in [0.4, 0.5) is 4.39 Å². The van der Waals surface area contributed by atoms with Crippen LogP contribution in [0.1, 0.15) is 5.56 Å². The Balaban J connectivity index is 1.51. The topological polar surface area (TPSA) is 38.3 Å². The normalized spacial score (nSPS) is 10.5. The Labute approximate surface area is 140 Å². The lowest BCUT2D eigenvalue weighted by Crippen LogP contribution is -2.30. The number of carbonyl (C=O) groups is 1. The van der Waals surface area contributed by atoms with Crippen molar-refractivity contribution in [1.29, 1.82) is 0 Å². The molecule has 0 heterocycles. The molecule has 0 spiro atoms. The predicted molar refractivity (Wildman–Crippen MR) is 92.6 cm³/mol. The van der Waals surface area contributed by atoms with Gasteiger partial charge in [-0.25, -0.2) is 4.39 Å². The minimum absolute atomic E-state index is 0.0642. The maximum atomic E-state index is 13.5. The van der Waals surface area contributed by atoms with Gasteiger partial charge in [-0.3, -0.25) is 4.79 Å². The Hall–Kier alpha value is -2.88. The summed E-state index contributed by atoms with van der Waals surface area (Å²) in [5.41, 5.74) is 0.591. The average molecular weight is 323 g/mol. The molecule has 0 saturated carbocycles. The van der Waals surface area contributed by atoms with Crippen molar-refractivity contribution in [1.82, 2.24) is 5.32 Å². The van der Waals surface area contributed by atoms with Crippen LogP contribution in [0.3, 0.4) is 0 Å². The number of hydrogen-bond donors (Lipinski definition) is 1. The van der Waals surface area contributed by atoms with Crippen molar-refractivity contribution in [2.75, 3.05) is 13.2 Å². The molecule has 4 heteroatoms. The molecule has 0 bridgehead atoms. The van der Waals surface area contributed by atoms with E-state index in [0.717, 1.165) is 10.8 Å². The molecule has 3 rings (SSSR count). The fourth-order valence-corrected chi connectivity index (χ4v) is 2.55. The lowest BCUT2D eigenvalue weighted by Gasteiger charge is -2.10. The number of nitrogens with one attached hydrogen (secondary N) is 1. The molecule has 3 aromatic rings. The van der Waals surface area contributed by atoms with Gasteiger partial charge in [0, 0.05) is 11.9 Å². The summed E-state index contributed by atoms with van der Waals surface area (Å²) in [6.07, 6.45) is 0.451. The molecular formula is C20H18FNO2. The smallest absolute Gasteiger partial charge is 0.257 e. The first-order chi connectivity index (χ1) is 11.7. The van der Waals surface area contributed by atoms with Crippen LogP contribution in [0.2, 0.25) is 0 Å². The number of benzene rings is 3. The van der Waals surface area contributed by atoms with Crippen LogP contribution in [0.25, 0.3) is 10.8 Å². The lowest BCUT2D eigenvalue weighted by molar-refractivity contribution is -0.123. The highest BCUT2D eigenvalue weighted by molar-refractivity contribution is 5.88. The van der Waals surface area contributed by atoms with E-state index in [4.69, 9.17) is 4.74 Å². The third kappa shape index (κ3) is 3.90. The third-order valence-corrected chi connectivity index (χ3v) is 3.78. The number of rotatable bonds is 6. The minimum atomic E-state index is -0.251. The van der Waals surface area contributed by atoms with E-state index >= 15 is 0 Å². The molecule has 0 aliphatic rings. The van der Waals surface area contributed by atoms with Gasteiger partial charge in [0.15, 0.2) is 6.61 Å². The molecule has 0 unspecified atom stereocenters. The maximum Gasteiger partial charge on any atom is 0.257 e. The summed E-state index contributed by atoms with van der Waals surface area (Å²) >= 11 is 0. The van der Waals surface area contributed by atoms with E-state index in [9.17, 15) is 9.18 Å². The number of hydrogen-bond acceptors (Lipinski definition) is 2. The number of fused-ring (bicyclic) bond motifs is 1. The van der Waals surface area contributed by atoms with Crippen LogP contribution in [-0.4, -0.2) is 19.1 Å². The van der Waals surface area contributed by atoms with Crippen molar-refractivity contribution in [3.63, 3.8) is 0 Å². The Morgan fingerprint density at radius 3 is 2.58 bits per heavy atom. The molecule has 0 saturated heterocycles. The molecule has 3 aromatic carbocycles. The monoisotopic (exact) mass is 323 g/mol. The van der Waals surface area contributed by atoms with Crippen LogP contribution >= 0.6 is 0 Å². The van der Waals surface area contributed by atoms with Crippen molar-refractivity contribution >= 4 is 16.7 Å². The van der Waals surface area contributed by atoms with Crippen molar-refractivity contribution < 1.29 is 13.9 Å². The first-order valence-electron chi connectivity index (χ1n) is 7.85. The second-order valence-electron chi connectivity index (χ2n) is 5.46. The summed E-state index contributed by atoms with van der Waals surface area (Å²) in [6.45, 7) is 0.309. The predicted octanol–water partition coefficient (Wildman–Crippen LogP) is 3.72. The van der Waals surface area contributed by atoms with Crippen LogP contribution < -0.4 is 10.1 Å². The van der Waals surface area contributed by atoms with E-state index in [0.29, 0.717) is 24.3 Å². The molecule has 0 fully saturated rings. The van der Waals surface area contributed by atoms with Crippen LogP contribution in [0.5, 0.6) is 5.75 Å². The quantitative estimate of drug-likeness (QED) is 0.751. The SMILES string of the molecule is O=C(COc1cccc2ccccc12)NCCc1ccccc1F. The van der Waals surface area contributed by atoms with Gasteiger partial charge in [0.25, 0.3) is 5.91 Å². The molecule has 0 atom stereocenters. The van der Waals surface area contributed by atoms with Gasteiger partial charge in [0.1, 0.15) is 11.6 Å². The largest absolute Gasteiger partial charge is 0.483 e. The van der Waals surface area contributed by atoms with Crippen LogP contribution in [0.15, 0.2) is 66.7 Å². The summed E-state index contributed by atoms with van der Waals surface area (Å²) in [5.74, 6) is 0.204. The Morgan fingerprint density at radius 2 is 1.71 bits per heavy atom. The molecule has 0 aliphatic heterocycles. The fraction of sp³-hybridized carbons (Fsp3) is 0.150. The zero-order chi connectivity index (χ0) is 16.8. The van der Waals surface area contributed by atoms with E-state index in [1.807, 2.05) is 42.5 Å². The van der Waals surface area contributed by atoms with E-state index < -0.39 is 0 Å². The zero-order valence-corrected chi connectivity index (χ0v) is 13.2. The summed E-state index contributed by atoms with van der Waals surface area (Å²) < 4.78 is 19.1. The third-order valence-electron chi connectivity index (χ3n) is 3.78. The lowest BCUT2D eigenvalue weighted by atomic mass is 10.1. The molecule has 3 nitrogen and oxygen atoms in total. The Morgan fingerprint density at radius 1 is 0.958 bits per heavy atom. The van der Waals surface area contributed by atoms with Crippen molar-refractivity contribution in [2.24, 2.45) is 0 Å². The molecular weight excluding hydrogens is 305 g/mol. The zero-order valence-electron chi connectivity index (χ0n) is 13.2. The Kier molecular flexibility index (Phi) is 5.06. The van der Waals surface area contributed by atoms with Gasteiger partial charge in [0.2, 0.25) is 0 Å². The van der Waals surface area contributed by atoms with Crippen molar-refractivity contribution in [2.45, 2.75) is 6.42 Å². The van der Waals surface area contributed by atoms with E-state index in [1.165, 1.54) is 6.07 Å². The first kappa shape index (κ1) is 16.0.